The Morgan fingerprint density at radius 1 is 0.875 bits per heavy atom. The molecule has 0 aliphatic carbocycles. The Kier molecular flexibility index (Phi) is 6.80. The highest BCUT2D eigenvalue weighted by Gasteiger charge is 2.28. The maximum absolute atomic E-state index is 5.31. The average molecular weight is 428 g/mol. The number of hydrogen-bond acceptors (Lipinski definition) is 5. The molecule has 0 bridgehead atoms. The van der Waals surface area contributed by atoms with E-state index in [0.29, 0.717) is 5.92 Å². The monoisotopic (exact) mass is 427 g/mol. The van der Waals surface area contributed by atoms with Gasteiger partial charge < -0.3 is 9.64 Å². The summed E-state index contributed by atoms with van der Waals surface area (Å²) in [4.78, 5) is 2.40. The van der Waals surface area contributed by atoms with Crippen molar-refractivity contribution in [2.45, 2.75) is 32.9 Å². The van der Waals surface area contributed by atoms with Crippen LogP contribution in [0, 0.1) is 5.92 Å². The first-order valence-corrected chi connectivity index (χ1v) is 10.9. The van der Waals surface area contributed by atoms with E-state index in [1.54, 1.807) is 7.11 Å². The Labute approximate surface area is 189 Å². The normalized spacial score (nSPS) is 12.0. The van der Waals surface area contributed by atoms with Gasteiger partial charge in [-0.1, -0.05) is 62.4 Å². The van der Waals surface area contributed by atoms with Gasteiger partial charge in [-0.15, -0.1) is 5.10 Å². The molecular formula is C26H29N5O. The van der Waals surface area contributed by atoms with Crippen molar-refractivity contribution >= 4 is 5.69 Å². The zero-order chi connectivity index (χ0) is 22.3. The first-order valence-electron chi connectivity index (χ1n) is 10.9. The summed E-state index contributed by atoms with van der Waals surface area (Å²) in [6.07, 6.45) is 0.915. The lowest BCUT2D eigenvalue weighted by atomic mass is 9.99. The SMILES string of the molecule is COc1ccc(-n2nnnc2[C@@H](CC(C)C)N(Cc2ccccc2)c2ccccc2)cc1. The van der Waals surface area contributed by atoms with Crippen LogP contribution in [0.3, 0.4) is 0 Å². The van der Waals surface area contributed by atoms with Crippen LogP contribution in [0.25, 0.3) is 5.69 Å². The van der Waals surface area contributed by atoms with Gasteiger partial charge in [0.25, 0.3) is 0 Å². The van der Waals surface area contributed by atoms with E-state index in [2.05, 4.69) is 82.8 Å². The number of benzene rings is 3. The number of anilines is 1. The first-order chi connectivity index (χ1) is 15.7. The van der Waals surface area contributed by atoms with Crippen LogP contribution in [0.2, 0.25) is 0 Å². The van der Waals surface area contributed by atoms with Gasteiger partial charge in [0.2, 0.25) is 0 Å². The predicted octanol–water partition coefficient (Wildman–Crippen LogP) is 5.46. The molecule has 6 nitrogen and oxygen atoms in total. The molecule has 0 N–H and O–H groups in total. The third-order valence-corrected chi connectivity index (χ3v) is 5.46. The third kappa shape index (κ3) is 4.97. The molecule has 1 heterocycles. The third-order valence-electron chi connectivity index (χ3n) is 5.46. The molecule has 1 atom stereocenters. The van der Waals surface area contributed by atoms with Gasteiger partial charge in [-0.2, -0.15) is 4.68 Å². The van der Waals surface area contributed by atoms with Crippen LogP contribution in [0.5, 0.6) is 5.75 Å². The van der Waals surface area contributed by atoms with E-state index >= 15 is 0 Å². The number of methoxy groups -OCH3 is 1. The van der Waals surface area contributed by atoms with Crippen molar-refractivity contribution < 1.29 is 4.74 Å². The molecule has 0 fully saturated rings. The molecule has 0 amide bonds. The Balaban J connectivity index is 1.78. The number of hydrogen-bond donors (Lipinski definition) is 0. The summed E-state index contributed by atoms with van der Waals surface area (Å²) >= 11 is 0. The quantitative estimate of drug-likeness (QED) is 0.355. The van der Waals surface area contributed by atoms with Gasteiger partial charge in [-0.3, -0.25) is 0 Å². The van der Waals surface area contributed by atoms with E-state index in [1.165, 1.54) is 5.56 Å². The van der Waals surface area contributed by atoms with E-state index in [4.69, 9.17) is 4.74 Å². The molecule has 0 spiro atoms. The van der Waals surface area contributed by atoms with Gasteiger partial charge in [0, 0.05) is 12.2 Å². The van der Waals surface area contributed by atoms with Gasteiger partial charge >= 0.3 is 0 Å². The summed E-state index contributed by atoms with van der Waals surface area (Å²) in [6.45, 7) is 5.23. The van der Waals surface area contributed by atoms with Crippen molar-refractivity contribution in [3.05, 3.63) is 96.3 Å². The summed E-state index contributed by atoms with van der Waals surface area (Å²) in [7, 11) is 1.66. The molecule has 0 aliphatic rings. The van der Waals surface area contributed by atoms with E-state index in [1.807, 2.05) is 41.1 Å². The number of rotatable bonds is 9. The summed E-state index contributed by atoms with van der Waals surface area (Å²) in [5.41, 5.74) is 3.30. The van der Waals surface area contributed by atoms with Crippen LogP contribution in [-0.2, 0) is 6.54 Å². The molecule has 6 heteroatoms. The number of ether oxygens (including phenoxy) is 1. The zero-order valence-corrected chi connectivity index (χ0v) is 18.8. The average Bonchev–Trinajstić information content (AvgIpc) is 3.32. The molecule has 0 saturated heterocycles. The van der Waals surface area contributed by atoms with Crippen LogP contribution in [0.4, 0.5) is 5.69 Å². The fourth-order valence-electron chi connectivity index (χ4n) is 3.91. The number of nitrogens with zero attached hydrogens (tertiary/aromatic N) is 5. The van der Waals surface area contributed by atoms with Crippen LogP contribution in [0.15, 0.2) is 84.9 Å². The second kappa shape index (κ2) is 10.1. The van der Waals surface area contributed by atoms with E-state index in [0.717, 1.165) is 35.9 Å². The van der Waals surface area contributed by atoms with Crippen molar-refractivity contribution in [2.75, 3.05) is 12.0 Å². The van der Waals surface area contributed by atoms with Crippen LogP contribution in [0.1, 0.15) is 37.7 Å². The second-order valence-corrected chi connectivity index (χ2v) is 8.24. The highest BCUT2D eigenvalue weighted by atomic mass is 16.5. The molecule has 4 rings (SSSR count). The van der Waals surface area contributed by atoms with E-state index < -0.39 is 0 Å². The zero-order valence-electron chi connectivity index (χ0n) is 18.8. The van der Waals surface area contributed by atoms with Crippen molar-refractivity contribution in [3.63, 3.8) is 0 Å². The first kappa shape index (κ1) is 21.6. The summed E-state index contributed by atoms with van der Waals surface area (Å²) in [6, 6.07) is 28.8. The summed E-state index contributed by atoms with van der Waals surface area (Å²) in [5.74, 6) is 2.09. The Morgan fingerprint density at radius 3 is 2.16 bits per heavy atom. The van der Waals surface area contributed by atoms with Crippen molar-refractivity contribution in [1.29, 1.82) is 0 Å². The minimum atomic E-state index is -0.00490. The smallest absolute Gasteiger partial charge is 0.179 e. The van der Waals surface area contributed by atoms with Gasteiger partial charge in [-0.25, -0.2) is 0 Å². The fraction of sp³-hybridized carbons (Fsp3) is 0.269. The number of aromatic nitrogens is 4. The molecule has 4 aromatic rings. The van der Waals surface area contributed by atoms with Crippen LogP contribution >= 0.6 is 0 Å². The molecule has 164 valence electrons. The van der Waals surface area contributed by atoms with Crippen LogP contribution in [-0.4, -0.2) is 27.3 Å². The van der Waals surface area contributed by atoms with Crippen molar-refractivity contribution in [1.82, 2.24) is 20.2 Å². The minimum absolute atomic E-state index is 0.00490. The van der Waals surface area contributed by atoms with Crippen molar-refractivity contribution in [2.24, 2.45) is 5.92 Å². The Morgan fingerprint density at radius 2 is 1.53 bits per heavy atom. The lowest BCUT2D eigenvalue weighted by Gasteiger charge is -2.34. The van der Waals surface area contributed by atoms with Gasteiger partial charge in [0.05, 0.1) is 18.8 Å². The molecule has 32 heavy (non-hydrogen) atoms. The lowest BCUT2D eigenvalue weighted by Crippen LogP contribution is -2.31. The molecule has 0 aliphatic heterocycles. The van der Waals surface area contributed by atoms with Gasteiger partial charge in [0.1, 0.15) is 5.75 Å². The fourth-order valence-corrected chi connectivity index (χ4v) is 3.91. The Bertz CT molecular complexity index is 1090. The van der Waals surface area contributed by atoms with E-state index in [9.17, 15) is 0 Å². The maximum Gasteiger partial charge on any atom is 0.179 e. The molecule has 0 unspecified atom stereocenters. The largest absolute Gasteiger partial charge is 0.497 e. The van der Waals surface area contributed by atoms with E-state index in [-0.39, 0.29) is 6.04 Å². The number of para-hydroxylation sites is 1. The standard InChI is InChI=1S/C26H29N5O/c1-20(2)18-25(26-27-28-29-31(26)23-14-16-24(32-3)17-15-23)30(22-12-8-5-9-13-22)19-21-10-6-4-7-11-21/h4-17,20,25H,18-19H2,1-3H3/t25-/m1/s1. The van der Waals surface area contributed by atoms with Crippen LogP contribution < -0.4 is 9.64 Å². The molecule has 0 radical (unpaired) electrons. The summed E-state index contributed by atoms with van der Waals surface area (Å²) < 4.78 is 7.15. The predicted molar refractivity (Wildman–Crippen MR) is 127 cm³/mol. The highest BCUT2D eigenvalue weighted by Crippen LogP contribution is 2.33. The van der Waals surface area contributed by atoms with Crippen molar-refractivity contribution in [3.8, 4) is 11.4 Å². The number of tetrazole rings is 1. The Hall–Kier alpha value is -3.67. The lowest BCUT2D eigenvalue weighted by molar-refractivity contribution is 0.414. The molecule has 0 saturated carbocycles. The second-order valence-electron chi connectivity index (χ2n) is 8.24. The molecular weight excluding hydrogens is 398 g/mol. The highest BCUT2D eigenvalue weighted by molar-refractivity contribution is 5.49. The minimum Gasteiger partial charge on any atom is -0.497 e. The summed E-state index contributed by atoms with van der Waals surface area (Å²) in [5, 5.41) is 12.9. The molecule has 3 aromatic carbocycles. The van der Waals surface area contributed by atoms with Gasteiger partial charge in [-0.05, 0) is 64.7 Å². The topological polar surface area (TPSA) is 56.1 Å². The van der Waals surface area contributed by atoms with Gasteiger partial charge in [0.15, 0.2) is 5.82 Å². The maximum atomic E-state index is 5.31. The molecule has 1 aromatic heterocycles.